The first kappa shape index (κ1) is 26.2. The average Bonchev–Trinajstić information content (AvgIpc) is 3.31. The standard InChI is InChI=1S/C28H22F4N4O3/c1-3-39-27(38)23-13-19-10-15(2)25(24(37)12-18-6-4-17-14-33-9-8-22(17)34-18)26(36(19)35-23)16-5-7-20(21(29)11-16)28(30,31)32/h4-9,11,13-14,26H,3,10,12H2,1-2H3. The van der Waals surface area contributed by atoms with Crippen LogP contribution < -0.4 is 0 Å². The lowest BCUT2D eigenvalue weighted by Gasteiger charge is -2.29. The van der Waals surface area contributed by atoms with E-state index in [2.05, 4.69) is 15.1 Å². The molecule has 1 aliphatic rings. The third-order valence-electron chi connectivity index (χ3n) is 6.53. The summed E-state index contributed by atoms with van der Waals surface area (Å²) in [7, 11) is 0. The summed E-state index contributed by atoms with van der Waals surface area (Å²) in [6.45, 7) is 3.48. The Hall–Kier alpha value is -4.41. The summed E-state index contributed by atoms with van der Waals surface area (Å²) in [4.78, 5) is 34.7. The second-order valence-electron chi connectivity index (χ2n) is 9.17. The summed E-state index contributed by atoms with van der Waals surface area (Å²) >= 11 is 0. The number of benzene rings is 1. The summed E-state index contributed by atoms with van der Waals surface area (Å²) < 4.78 is 60.9. The van der Waals surface area contributed by atoms with Crippen LogP contribution in [-0.4, -0.2) is 38.1 Å². The highest BCUT2D eigenvalue weighted by Crippen LogP contribution is 2.39. The van der Waals surface area contributed by atoms with Gasteiger partial charge in [0.05, 0.1) is 24.1 Å². The van der Waals surface area contributed by atoms with Crippen LogP contribution >= 0.6 is 0 Å². The molecule has 0 aliphatic carbocycles. The van der Waals surface area contributed by atoms with Crippen LogP contribution in [-0.2, 0) is 28.5 Å². The van der Waals surface area contributed by atoms with Gasteiger partial charge < -0.3 is 4.74 Å². The first-order valence-electron chi connectivity index (χ1n) is 12.1. The molecule has 0 saturated heterocycles. The number of nitrogens with zero attached hydrogens (tertiary/aromatic N) is 4. The molecule has 11 heteroatoms. The van der Waals surface area contributed by atoms with Crippen molar-refractivity contribution in [3.8, 4) is 0 Å². The fraction of sp³-hybridized carbons (Fsp3) is 0.250. The minimum Gasteiger partial charge on any atom is -0.461 e. The van der Waals surface area contributed by atoms with Gasteiger partial charge >= 0.3 is 12.1 Å². The quantitative estimate of drug-likeness (QED) is 0.240. The van der Waals surface area contributed by atoms with Crippen molar-refractivity contribution in [1.29, 1.82) is 0 Å². The fourth-order valence-corrected chi connectivity index (χ4v) is 4.81. The number of ketones is 1. The number of ether oxygens (including phenoxy) is 1. The van der Waals surface area contributed by atoms with Crippen molar-refractivity contribution in [2.75, 3.05) is 6.61 Å². The van der Waals surface area contributed by atoms with Crippen LogP contribution in [0.3, 0.4) is 0 Å². The lowest BCUT2D eigenvalue weighted by molar-refractivity contribution is -0.140. The molecule has 7 nitrogen and oxygen atoms in total. The topological polar surface area (TPSA) is 87.0 Å². The van der Waals surface area contributed by atoms with Gasteiger partial charge in [0.15, 0.2) is 11.5 Å². The summed E-state index contributed by atoms with van der Waals surface area (Å²) in [6.07, 6.45) is -1.50. The molecule has 5 rings (SSSR count). The number of carbonyl (C=O) groups excluding carboxylic acids is 2. The lowest BCUT2D eigenvalue weighted by Crippen LogP contribution is -2.28. The minimum absolute atomic E-state index is 0.0180. The molecule has 1 atom stereocenters. The van der Waals surface area contributed by atoms with Gasteiger partial charge in [0, 0.05) is 41.2 Å². The first-order valence-corrected chi connectivity index (χ1v) is 12.1. The summed E-state index contributed by atoms with van der Waals surface area (Å²) in [5.74, 6) is -2.51. The van der Waals surface area contributed by atoms with Crippen molar-refractivity contribution in [1.82, 2.24) is 19.7 Å². The van der Waals surface area contributed by atoms with Gasteiger partial charge in [-0.1, -0.05) is 11.6 Å². The number of allylic oxidation sites excluding steroid dienone is 2. The van der Waals surface area contributed by atoms with Gasteiger partial charge in [-0.25, -0.2) is 9.18 Å². The second-order valence-corrected chi connectivity index (χ2v) is 9.17. The molecular formula is C28H22F4N4O3. The zero-order valence-electron chi connectivity index (χ0n) is 20.9. The molecule has 0 radical (unpaired) electrons. The van der Waals surface area contributed by atoms with Gasteiger partial charge in [-0.2, -0.15) is 18.3 Å². The molecule has 0 spiro atoms. The number of Topliss-reactive ketones (excluding diaryl/α,β-unsaturated/α-hetero) is 1. The summed E-state index contributed by atoms with van der Waals surface area (Å²) in [5.41, 5.74) is 1.19. The van der Waals surface area contributed by atoms with E-state index in [-0.39, 0.29) is 42.1 Å². The predicted molar refractivity (Wildman–Crippen MR) is 132 cm³/mol. The second kappa shape index (κ2) is 10.0. The van der Waals surface area contributed by atoms with Gasteiger partial charge in [-0.15, -0.1) is 0 Å². The highest BCUT2D eigenvalue weighted by atomic mass is 19.4. The molecular weight excluding hydrogens is 516 g/mol. The van der Waals surface area contributed by atoms with E-state index in [0.29, 0.717) is 28.5 Å². The van der Waals surface area contributed by atoms with Gasteiger partial charge in [0.1, 0.15) is 11.9 Å². The van der Waals surface area contributed by atoms with E-state index in [9.17, 15) is 27.2 Å². The molecule has 0 bridgehead atoms. The Labute approximate surface area is 220 Å². The van der Waals surface area contributed by atoms with E-state index in [1.165, 1.54) is 10.7 Å². The van der Waals surface area contributed by atoms with Crippen molar-refractivity contribution in [2.24, 2.45) is 0 Å². The van der Waals surface area contributed by atoms with Crippen LogP contribution in [0.2, 0.25) is 0 Å². The molecule has 3 aromatic heterocycles. The number of halogens is 4. The number of hydrogen-bond acceptors (Lipinski definition) is 6. The lowest BCUT2D eigenvalue weighted by atomic mass is 9.85. The van der Waals surface area contributed by atoms with E-state index in [0.717, 1.165) is 17.5 Å². The van der Waals surface area contributed by atoms with E-state index < -0.39 is 29.6 Å². The van der Waals surface area contributed by atoms with E-state index in [1.54, 1.807) is 44.4 Å². The largest absolute Gasteiger partial charge is 0.461 e. The van der Waals surface area contributed by atoms with Gasteiger partial charge in [0.2, 0.25) is 0 Å². The van der Waals surface area contributed by atoms with Crippen molar-refractivity contribution in [3.63, 3.8) is 0 Å². The predicted octanol–water partition coefficient (Wildman–Crippen LogP) is 5.43. The summed E-state index contributed by atoms with van der Waals surface area (Å²) in [6, 6.07) is 8.18. The molecule has 0 amide bonds. The van der Waals surface area contributed by atoms with Gasteiger partial charge in [-0.05, 0) is 55.8 Å². The van der Waals surface area contributed by atoms with Crippen LogP contribution in [0.1, 0.15) is 52.9 Å². The number of rotatable bonds is 6. The smallest absolute Gasteiger partial charge is 0.419 e. The van der Waals surface area contributed by atoms with Crippen molar-refractivity contribution in [2.45, 2.75) is 38.9 Å². The maximum absolute atomic E-state index is 14.7. The summed E-state index contributed by atoms with van der Waals surface area (Å²) in [5, 5.41) is 5.13. The molecule has 0 N–H and O–H groups in total. The Kier molecular flexibility index (Phi) is 6.75. The van der Waals surface area contributed by atoms with E-state index in [1.807, 2.05) is 0 Å². The molecule has 4 aromatic rings. The van der Waals surface area contributed by atoms with Crippen LogP contribution in [0.25, 0.3) is 10.9 Å². The number of aromatic nitrogens is 4. The van der Waals surface area contributed by atoms with Crippen molar-refractivity contribution < 1.29 is 31.9 Å². The third kappa shape index (κ3) is 5.04. The monoisotopic (exact) mass is 538 g/mol. The van der Waals surface area contributed by atoms with Gasteiger partial charge in [-0.3, -0.25) is 19.4 Å². The van der Waals surface area contributed by atoms with Crippen LogP contribution in [0.5, 0.6) is 0 Å². The van der Waals surface area contributed by atoms with Gasteiger partial charge in [0.25, 0.3) is 0 Å². The molecule has 200 valence electrons. The maximum atomic E-state index is 14.7. The SMILES string of the molecule is CCOC(=O)c1cc2n(n1)C(c1ccc(C(F)(F)F)c(F)c1)C(C(=O)Cc1ccc3cnccc3n1)=C(C)C2. The molecule has 4 heterocycles. The Bertz CT molecular complexity index is 1640. The number of pyridine rings is 2. The number of fused-ring (bicyclic) bond motifs is 2. The molecule has 0 saturated carbocycles. The Morgan fingerprint density at radius 3 is 2.64 bits per heavy atom. The Balaban J connectivity index is 1.59. The zero-order valence-corrected chi connectivity index (χ0v) is 20.9. The number of carbonyl (C=O) groups is 2. The Morgan fingerprint density at radius 2 is 1.92 bits per heavy atom. The van der Waals surface area contributed by atoms with Crippen molar-refractivity contribution >= 4 is 22.7 Å². The highest BCUT2D eigenvalue weighted by molar-refractivity contribution is 5.99. The van der Waals surface area contributed by atoms with Crippen LogP contribution in [0.4, 0.5) is 17.6 Å². The number of alkyl halides is 3. The normalized spacial score (nSPS) is 15.4. The molecule has 0 fully saturated rings. The van der Waals surface area contributed by atoms with Crippen LogP contribution in [0.15, 0.2) is 66.0 Å². The average molecular weight is 539 g/mol. The first-order chi connectivity index (χ1) is 18.6. The van der Waals surface area contributed by atoms with E-state index in [4.69, 9.17) is 4.74 Å². The van der Waals surface area contributed by atoms with E-state index >= 15 is 0 Å². The van der Waals surface area contributed by atoms with Crippen LogP contribution in [0, 0.1) is 5.82 Å². The third-order valence-corrected chi connectivity index (χ3v) is 6.53. The van der Waals surface area contributed by atoms with Crippen molar-refractivity contribution in [3.05, 3.63) is 100 Å². The highest BCUT2D eigenvalue weighted by Gasteiger charge is 2.37. The maximum Gasteiger partial charge on any atom is 0.419 e. The zero-order chi connectivity index (χ0) is 27.9. The molecule has 1 unspecified atom stereocenters. The number of hydrogen-bond donors (Lipinski definition) is 0. The molecule has 1 aromatic carbocycles. The fourth-order valence-electron chi connectivity index (χ4n) is 4.81. The molecule has 1 aliphatic heterocycles. The minimum atomic E-state index is -4.88. The number of esters is 1. The Morgan fingerprint density at radius 1 is 1.13 bits per heavy atom. The molecule has 39 heavy (non-hydrogen) atoms.